The summed E-state index contributed by atoms with van der Waals surface area (Å²) in [6, 6.07) is 0. The Morgan fingerprint density at radius 1 is 0.315 bits per heavy atom. The number of esters is 3. The van der Waals surface area contributed by atoms with E-state index in [-0.39, 0.29) is 49.1 Å². The molecule has 0 aromatic rings. The lowest BCUT2D eigenvalue weighted by Gasteiger charge is -2.25. The van der Waals surface area contributed by atoms with Crippen LogP contribution < -0.4 is 0 Å². The second-order valence-corrected chi connectivity index (χ2v) is 38.8. The highest BCUT2D eigenvalue weighted by Gasteiger charge is 2.20. The molecule has 0 aliphatic rings. The summed E-state index contributed by atoms with van der Waals surface area (Å²) in [5.41, 5.74) is 0. The minimum absolute atomic E-state index is 0.0909. The van der Waals surface area contributed by atoms with Crippen LogP contribution in [-0.4, -0.2) is 151 Å². The first-order valence-corrected chi connectivity index (χ1v) is 49.5. The Balaban J connectivity index is 4.97. The fraction of sp³-hybridized carbons (Fsp3) is 0.945. The van der Waals surface area contributed by atoms with Crippen LogP contribution in [0.15, 0.2) is 0 Å². The van der Waals surface area contributed by atoms with Crippen LogP contribution >= 0.6 is 94.2 Å². The molecule has 546 valence electrons. The summed E-state index contributed by atoms with van der Waals surface area (Å²) in [7, 11) is 18.8. The largest absolute Gasteiger partial charge is 0.461 e. The van der Waals surface area contributed by atoms with E-state index in [0.29, 0.717) is 39.0 Å². The van der Waals surface area contributed by atoms with Crippen molar-refractivity contribution >= 4 is 118 Å². The van der Waals surface area contributed by atoms with Gasteiger partial charge in [-0.15, -0.1) is 0 Å². The van der Waals surface area contributed by atoms with Crippen LogP contribution in [0.5, 0.6) is 0 Å². The van der Waals surface area contributed by atoms with Crippen molar-refractivity contribution in [3.8, 4) is 0 Å². The van der Waals surface area contributed by atoms with E-state index >= 15 is 0 Å². The highest BCUT2D eigenvalue weighted by atomic mass is 33.5. The fourth-order valence-electron chi connectivity index (χ4n) is 10.9. The summed E-state index contributed by atoms with van der Waals surface area (Å²) in [5, 5.41) is 0. The van der Waals surface area contributed by atoms with Crippen LogP contribution in [0.3, 0.4) is 0 Å². The average Bonchev–Trinajstić information content (AvgIpc) is 3.66. The Labute approximate surface area is 604 Å². The van der Waals surface area contributed by atoms with Gasteiger partial charge in [0.05, 0.1) is 19.3 Å². The number of unbranched alkanes of at least 4 members (excludes halogenated alkanes) is 33. The average molecular weight is 1460 g/mol. The van der Waals surface area contributed by atoms with Gasteiger partial charge in [0, 0.05) is 67.1 Å². The lowest BCUT2D eigenvalue weighted by molar-refractivity contribution is -0.149. The number of rotatable bonds is 77. The van der Waals surface area contributed by atoms with Crippen LogP contribution in [0.4, 0.5) is 0 Å². The van der Waals surface area contributed by atoms with Gasteiger partial charge in [-0.2, -0.15) is 0 Å². The van der Waals surface area contributed by atoms with E-state index in [1.807, 2.05) is 61.9 Å². The molecule has 3 unspecified atom stereocenters. The first-order chi connectivity index (χ1) is 45.1. The lowest BCUT2D eigenvalue weighted by Crippen LogP contribution is -2.34. The molecule has 3 atom stereocenters. The highest BCUT2D eigenvalue weighted by molar-refractivity contribution is 9.10. The van der Waals surface area contributed by atoms with Gasteiger partial charge in [-0.05, 0) is 114 Å². The molecule has 0 heterocycles. The second-order valence-electron chi connectivity index (χ2n) is 25.7. The van der Waals surface area contributed by atoms with Crippen LogP contribution in [-0.2, 0) is 33.4 Å². The SMILES string of the molecule is CCCCCCCCCCCCCCSSSCC(CC)OC(=O)CCN(CCC=O)CCCN(C)CCCN(CCC(=O)OC(CC)CSSSCCCCCCCCCCCCCC)CCC(=O)OC(CC)CSSSCCCCCCCCCCCCCC. The molecule has 92 heavy (non-hydrogen) atoms. The van der Waals surface area contributed by atoms with Gasteiger partial charge in [0.15, 0.2) is 0 Å². The van der Waals surface area contributed by atoms with Gasteiger partial charge in [0.25, 0.3) is 0 Å². The molecule has 0 saturated heterocycles. The predicted molar refractivity (Wildman–Crippen MR) is 425 cm³/mol. The Bertz CT molecular complexity index is 1510. The molecule has 0 saturated carbocycles. The molecule has 0 aromatic heterocycles. The van der Waals surface area contributed by atoms with E-state index in [2.05, 4.69) is 63.3 Å². The number of carbonyl (C=O) groups excluding carboxylic acids is 4. The number of nitrogens with zero attached hydrogens (tertiary/aromatic N) is 3. The van der Waals surface area contributed by atoms with E-state index in [0.717, 1.165) is 81.8 Å². The van der Waals surface area contributed by atoms with Crippen molar-refractivity contribution in [3.63, 3.8) is 0 Å². The maximum Gasteiger partial charge on any atom is 0.307 e. The molecule has 19 heteroatoms. The van der Waals surface area contributed by atoms with Gasteiger partial charge in [0.2, 0.25) is 0 Å². The topological polar surface area (TPSA) is 106 Å². The molecule has 0 aliphatic carbocycles. The molecule has 0 N–H and O–H groups in total. The Kier molecular flexibility index (Phi) is 77.2. The van der Waals surface area contributed by atoms with Crippen molar-refractivity contribution in [2.45, 2.75) is 349 Å². The summed E-state index contributed by atoms with van der Waals surface area (Å²) in [6.45, 7) is 18.7. The van der Waals surface area contributed by atoms with E-state index in [4.69, 9.17) is 14.2 Å². The first kappa shape index (κ1) is 93.1. The van der Waals surface area contributed by atoms with Gasteiger partial charge >= 0.3 is 17.9 Å². The molecule has 0 bridgehead atoms. The van der Waals surface area contributed by atoms with Crippen LogP contribution in [0.1, 0.15) is 330 Å². The van der Waals surface area contributed by atoms with Crippen molar-refractivity contribution < 1.29 is 33.4 Å². The van der Waals surface area contributed by atoms with Crippen LogP contribution in [0.2, 0.25) is 0 Å². The summed E-state index contributed by atoms with van der Waals surface area (Å²) in [4.78, 5) is 58.0. The highest BCUT2D eigenvalue weighted by Crippen LogP contribution is 2.38. The van der Waals surface area contributed by atoms with Crippen LogP contribution in [0, 0.1) is 0 Å². The van der Waals surface area contributed by atoms with Gasteiger partial charge in [0.1, 0.15) is 24.6 Å². The number of aldehydes is 1. The number of carbonyl (C=O) groups is 4. The van der Waals surface area contributed by atoms with Gasteiger partial charge in [-0.25, -0.2) is 0 Å². The molecule has 0 fully saturated rings. The maximum absolute atomic E-state index is 13.4. The first-order valence-electron chi connectivity index (χ1n) is 38.0. The monoisotopic (exact) mass is 1460 g/mol. The number of hydrogen-bond donors (Lipinski definition) is 0. The fourth-order valence-corrected chi connectivity index (χ4v) is 23.1. The van der Waals surface area contributed by atoms with Crippen LogP contribution in [0.25, 0.3) is 0 Å². The predicted octanol–water partition coefficient (Wildman–Crippen LogP) is 24.2. The van der Waals surface area contributed by atoms with E-state index in [1.165, 1.54) is 248 Å². The maximum atomic E-state index is 13.4. The molecule has 0 rings (SSSR count). The van der Waals surface area contributed by atoms with Crippen molar-refractivity contribution in [1.29, 1.82) is 0 Å². The third-order valence-electron chi connectivity index (χ3n) is 17.0. The minimum atomic E-state index is -0.172. The second kappa shape index (κ2) is 76.3. The smallest absolute Gasteiger partial charge is 0.307 e. The summed E-state index contributed by atoms with van der Waals surface area (Å²) < 4.78 is 18.0. The van der Waals surface area contributed by atoms with Crippen molar-refractivity contribution in [3.05, 3.63) is 0 Å². The lowest BCUT2D eigenvalue weighted by atomic mass is 10.1. The van der Waals surface area contributed by atoms with Crippen molar-refractivity contribution in [1.82, 2.24) is 14.7 Å². The zero-order chi connectivity index (χ0) is 67.1. The van der Waals surface area contributed by atoms with E-state index in [9.17, 15) is 19.2 Å². The third kappa shape index (κ3) is 68.3. The Morgan fingerprint density at radius 3 is 0.815 bits per heavy atom. The summed E-state index contributed by atoms with van der Waals surface area (Å²) in [5.74, 6) is 5.36. The van der Waals surface area contributed by atoms with E-state index < -0.39 is 0 Å². The molecule has 0 radical (unpaired) electrons. The molecule has 0 amide bonds. The normalized spacial score (nSPS) is 12.8. The zero-order valence-electron chi connectivity index (χ0n) is 60.4. The van der Waals surface area contributed by atoms with Crippen molar-refractivity contribution in [2.75, 3.05) is 93.9 Å². The Hall–Kier alpha value is 1.11. The molecular weight excluding hydrogens is 1320 g/mol. The minimum Gasteiger partial charge on any atom is -0.461 e. The zero-order valence-corrected chi connectivity index (χ0v) is 67.8. The van der Waals surface area contributed by atoms with Gasteiger partial charge in [-0.1, -0.05) is 318 Å². The summed E-state index contributed by atoms with van der Waals surface area (Å²) >= 11 is 0. The van der Waals surface area contributed by atoms with Crippen molar-refractivity contribution in [2.24, 2.45) is 0 Å². The quantitative estimate of drug-likeness (QED) is 0.0189. The standard InChI is InChI=1S/C73H143N3O7S9/c1-8-14-17-20-23-26-29-32-35-38-41-44-62-84-90-87-65-68(11-4)81-71(78)50-58-75(57-49-61-77)55-47-53-74(7)54-48-56-76(59-51-72(79)82-69(12-5)66-88-91-85-63-45-42-39-36-33-30-27-24-21-18-15-9-2)60-52-73(80)83-70(13-6)67-89-92-86-64-46-43-40-37-34-31-28-25-22-19-16-10-3/h61,68-70H,8-60,62-67H2,1-7H3. The Morgan fingerprint density at radius 2 is 0.565 bits per heavy atom. The van der Waals surface area contributed by atoms with Gasteiger partial charge < -0.3 is 33.7 Å². The molecule has 0 aromatic carbocycles. The number of ether oxygens (including phenoxy) is 3. The summed E-state index contributed by atoms with van der Waals surface area (Å²) in [6.07, 6.45) is 55.5. The van der Waals surface area contributed by atoms with Gasteiger partial charge in [-0.3, -0.25) is 14.4 Å². The molecular formula is C73H143N3O7S9. The molecule has 0 spiro atoms. The van der Waals surface area contributed by atoms with E-state index in [1.54, 1.807) is 32.4 Å². The third-order valence-corrected chi connectivity index (χ3v) is 30.2. The molecule has 0 aliphatic heterocycles. The number of hydrogen-bond acceptors (Lipinski definition) is 19. The molecule has 10 nitrogen and oxygen atoms in total.